The number of carbonyl (C=O) groups excluding carboxylic acids is 2. The van der Waals surface area contributed by atoms with E-state index in [1.54, 1.807) is 34.1 Å². The molecule has 3 amide bonds. The Bertz CT molecular complexity index is 553. The summed E-state index contributed by atoms with van der Waals surface area (Å²) in [7, 11) is 0. The number of ether oxygens (including phenoxy) is 1. The van der Waals surface area contributed by atoms with E-state index in [-0.39, 0.29) is 18.5 Å². The lowest BCUT2D eigenvalue weighted by atomic mass is 10.3. The highest BCUT2D eigenvalue weighted by Crippen LogP contribution is 2.16. The van der Waals surface area contributed by atoms with Crippen LogP contribution >= 0.6 is 11.6 Å². The number of urea groups is 1. The summed E-state index contributed by atoms with van der Waals surface area (Å²) in [5.41, 5.74) is 0.663. The van der Waals surface area contributed by atoms with Crippen LogP contribution in [-0.4, -0.2) is 61.1 Å². The van der Waals surface area contributed by atoms with Crippen molar-refractivity contribution in [2.75, 3.05) is 44.7 Å². The highest BCUT2D eigenvalue weighted by atomic mass is 35.5. The van der Waals surface area contributed by atoms with Gasteiger partial charge in [0, 0.05) is 43.5 Å². The van der Waals surface area contributed by atoms with Crippen LogP contribution in [0.2, 0.25) is 5.02 Å². The first-order chi connectivity index (χ1) is 11.1. The Morgan fingerprint density at radius 3 is 2.70 bits per heavy atom. The number of nitrogens with one attached hydrogen (secondary N) is 1. The number of carbonyl (C=O) groups is 2. The van der Waals surface area contributed by atoms with Crippen molar-refractivity contribution >= 4 is 29.2 Å². The van der Waals surface area contributed by atoms with E-state index in [1.165, 1.54) is 0 Å². The maximum Gasteiger partial charge on any atom is 0.321 e. The van der Waals surface area contributed by atoms with E-state index in [2.05, 4.69) is 5.32 Å². The zero-order valence-electron chi connectivity index (χ0n) is 13.3. The Hall–Kier alpha value is -1.79. The minimum atomic E-state index is -0.175. The molecule has 0 unspecified atom stereocenters. The van der Waals surface area contributed by atoms with Crippen LogP contribution in [0.5, 0.6) is 0 Å². The van der Waals surface area contributed by atoms with E-state index in [0.29, 0.717) is 43.5 Å². The third-order valence-electron chi connectivity index (χ3n) is 3.64. The molecule has 1 saturated heterocycles. The number of benzene rings is 1. The van der Waals surface area contributed by atoms with E-state index in [0.717, 1.165) is 6.42 Å². The van der Waals surface area contributed by atoms with Crippen LogP contribution in [-0.2, 0) is 9.53 Å². The van der Waals surface area contributed by atoms with Crippen molar-refractivity contribution in [3.63, 3.8) is 0 Å². The summed E-state index contributed by atoms with van der Waals surface area (Å²) in [6, 6.07) is 6.86. The molecule has 0 atom stereocenters. The van der Waals surface area contributed by atoms with Gasteiger partial charge in [-0.1, -0.05) is 17.7 Å². The molecule has 1 aromatic carbocycles. The highest BCUT2D eigenvalue weighted by Gasteiger charge is 2.22. The quantitative estimate of drug-likeness (QED) is 0.916. The fourth-order valence-corrected chi connectivity index (χ4v) is 2.61. The molecule has 1 N–H and O–H groups in total. The van der Waals surface area contributed by atoms with Crippen LogP contribution in [0.1, 0.15) is 13.3 Å². The lowest BCUT2D eigenvalue weighted by Gasteiger charge is -2.22. The molecule has 1 aliphatic rings. The Labute approximate surface area is 141 Å². The van der Waals surface area contributed by atoms with Gasteiger partial charge in [-0.2, -0.15) is 0 Å². The van der Waals surface area contributed by atoms with E-state index in [4.69, 9.17) is 16.3 Å². The van der Waals surface area contributed by atoms with Gasteiger partial charge in [-0.15, -0.1) is 0 Å². The van der Waals surface area contributed by atoms with Crippen LogP contribution in [0, 0.1) is 0 Å². The lowest BCUT2D eigenvalue weighted by molar-refractivity contribution is -0.135. The maximum atomic E-state index is 12.3. The fourth-order valence-electron chi connectivity index (χ4n) is 2.42. The van der Waals surface area contributed by atoms with Gasteiger partial charge < -0.3 is 19.9 Å². The van der Waals surface area contributed by atoms with Gasteiger partial charge in [0.15, 0.2) is 0 Å². The predicted octanol–water partition coefficient (Wildman–Crippen LogP) is 2.44. The van der Waals surface area contributed by atoms with Crippen molar-refractivity contribution in [3.8, 4) is 0 Å². The van der Waals surface area contributed by atoms with Crippen molar-refractivity contribution in [2.45, 2.75) is 13.3 Å². The molecule has 23 heavy (non-hydrogen) atoms. The SMILES string of the molecule is CCOCC(=O)N1CCCN(C(=O)Nc2cccc(Cl)c2)CC1. The van der Waals surface area contributed by atoms with Crippen molar-refractivity contribution in [1.29, 1.82) is 0 Å². The largest absolute Gasteiger partial charge is 0.372 e. The van der Waals surface area contributed by atoms with Crippen LogP contribution in [0.15, 0.2) is 24.3 Å². The lowest BCUT2D eigenvalue weighted by Crippen LogP contribution is -2.40. The number of hydrogen-bond acceptors (Lipinski definition) is 3. The monoisotopic (exact) mass is 339 g/mol. The molecule has 2 rings (SSSR count). The molecule has 0 radical (unpaired) electrons. The summed E-state index contributed by atoms with van der Waals surface area (Å²) in [4.78, 5) is 27.8. The summed E-state index contributed by atoms with van der Waals surface area (Å²) in [6.07, 6.45) is 0.751. The van der Waals surface area contributed by atoms with Gasteiger partial charge in [0.25, 0.3) is 0 Å². The second kappa shape index (κ2) is 8.74. The number of rotatable bonds is 4. The van der Waals surface area contributed by atoms with Crippen LogP contribution in [0.3, 0.4) is 0 Å². The molecule has 1 fully saturated rings. The van der Waals surface area contributed by atoms with Gasteiger partial charge in [-0.25, -0.2) is 4.79 Å². The number of nitrogens with zero attached hydrogens (tertiary/aromatic N) is 2. The Morgan fingerprint density at radius 2 is 1.96 bits per heavy atom. The molecular weight excluding hydrogens is 318 g/mol. The zero-order chi connectivity index (χ0) is 16.7. The van der Waals surface area contributed by atoms with E-state index >= 15 is 0 Å². The second-order valence-electron chi connectivity index (χ2n) is 5.30. The Morgan fingerprint density at radius 1 is 1.22 bits per heavy atom. The summed E-state index contributed by atoms with van der Waals surface area (Å²) in [6.45, 7) is 4.77. The molecule has 0 bridgehead atoms. The predicted molar refractivity (Wildman–Crippen MR) is 89.7 cm³/mol. The number of amides is 3. The minimum Gasteiger partial charge on any atom is -0.372 e. The molecule has 1 heterocycles. The van der Waals surface area contributed by atoms with Gasteiger partial charge in [-0.05, 0) is 31.5 Å². The summed E-state index contributed by atoms with van der Waals surface area (Å²) in [5, 5.41) is 3.41. The third-order valence-corrected chi connectivity index (χ3v) is 3.88. The molecule has 0 spiro atoms. The Kier molecular flexibility index (Phi) is 6.67. The average Bonchev–Trinajstić information content (AvgIpc) is 2.78. The zero-order valence-corrected chi connectivity index (χ0v) is 14.0. The van der Waals surface area contributed by atoms with Gasteiger partial charge in [0.1, 0.15) is 6.61 Å². The first-order valence-corrected chi connectivity index (χ1v) is 8.15. The third kappa shape index (κ3) is 5.41. The van der Waals surface area contributed by atoms with Crippen molar-refractivity contribution in [3.05, 3.63) is 29.3 Å². The first-order valence-electron chi connectivity index (χ1n) is 7.77. The molecule has 0 aromatic heterocycles. The molecule has 126 valence electrons. The Balaban J connectivity index is 1.87. The molecule has 6 nitrogen and oxygen atoms in total. The van der Waals surface area contributed by atoms with Gasteiger partial charge >= 0.3 is 6.03 Å². The molecular formula is C16H22ClN3O3. The van der Waals surface area contributed by atoms with Crippen molar-refractivity contribution in [2.24, 2.45) is 0 Å². The van der Waals surface area contributed by atoms with Crippen molar-refractivity contribution < 1.29 is 14.3 Å². The average molecular weight is 340 g/mol. The summed E-state index contributed by atoms with van der Waals surface area (Å²) in [5.74, 6) is -0.0241. The molecule has 1 aromatic rings. The normalized spacial score (nSPS) is 15.2. The van der Waals surface area contributed by atoms with E-state index < -0.39 is 0 Å². The maximum absolute atomic E-state index is 12.3. The topological polar surface area (TPSA) is 61.9 Å². The smallest absolute Gasteiger partial charge is 0.321 e. The highest BCUT2D eigenvalue weighted by molar-refractivity contribution is 6.30. The van der Waals surface area contributed by atoms with Gasteiger partial charge in [0.2, 0.25) is 5.91 Å². The number of halogens is 1. The summed E-state index contributed by atoms with van der Waals surface area (Å²) >= 11 is 5.91. The van der Waals surface area contributed by atoms with Gasteiger partial charge in [-0.3, -0.25) is 4.79 Å². The fraction of sp³-hybridized carbons (Fsp3) is 0.500. The second-order valence-corrected chi connectivity index (χ2v) is 5.74. The number of anilines is 1. The number of hydrogen-bond donors (Lipinski definition) is 1. The standard InChI is InChI=1S/C16H22ClN3O3/c1-2-23-12-15(21)19-7-4-8-20(10-9-19)16(22)18-14-6-3-5-13(17)11-14/h3,5-6,11H,2,4,7-10,12H2,1H3,(H,18,22). The minimum absolute atomic E-state index is 0.0241. The summed E-state index contributed by atoms with van der Waals surface area (Å²) < 4.78 is 5.16. The molecule has 1 aliphatic heterocycles. The van der Waals surface area contributed by atoms with Crippen molar-refractivity contribution in [1.82, 2.24) is 9.80 Å². The van der Waals surface area contributed by atoms with E-state index in [1.807, 2.05) is 6.92 Å². The van der Waals surface area contributed by atoms with E-state index in [9.17, 15) is 9.59 Å². The van der Waals surface area contributed by atoms with Gasteiger partial charge in [0.05, 0.1) is 0 Å². The van der Waals surface area contributed by atoms with Crippen LogP contribution < -0.4 is 5.32 Å². The van der Waals surface area contributed by atoms with Crippen LogP contribution in [0.4, 0.5) is 10.5 Å². The molecule has 7 heteroatoms. The van der Waals surface area contributed by atoms with Crippen LogP contribution in [0.25, 0.3) is 0 Å². The first kappa shape index (κ1) is 17.6. The molecule has 0 saturated carbocycles. The molecule has 0 aliphatic carbocycles.